The lowest BCUT2D eigenvalue weighted by atomic mass is 10.1. The maximum absolute atomic E-state index is 12.7. The topological polar surface area (TPSA) is 67.8 Å². The van der Waals surface area contributed by atoms with Crippen molar-refractivity contribution in [1.82, 2.24) is 19.8 Å². The number of amides is 1. The summed E-state index contributed by atoms with van der Waals surface area (Å²) in [6, 6.07) is 6.06. The lowest BCUT2D eigenvalue weighted by Gasteiger charge is -2.35. The van der Waals surface area contributed by atoms with Gasteiger partial charge in [0.2, 0.25) is 6.79 Å². The smallest absolute Gasteiger partial charge is 0.257 e. The molecule has 7 heteroatoms. The Morgan fingerprint density at radius 1 is 1.12 bits per heavy atom. The van der Waals surface area contributed by atoms with E-state index in [0.717, 1.165) is 36.8 Å². The highest BCUT2D eigenvalue weighted by Gasteiger charge is 2.24. The molecule has 0 bridgehead atoms. The van der Waals surface area contributed by atoms with Crippen molar-refractivity contribution in [2.24, 2.45) is 0 Å². The van der Waals surface area contributed by atoms with Crippen molar-refractivity contribution in [2.45, 2.75) is 20.4 Å². The van der Waals surface area contributed by atoms with Gasteiger partial charge in [-0.25, -0.2) is 9.97 Å². The average molecular weight is 354 g/mol. The molecule has 1 saturated heterocycles. The maximum Gasteiger partial charge on any atom is 0.257 e. The van der Waals surface area contributed by atoms with Crippen LogP contribution in [0.25, 0.3) is 0 Å². The molecule has 1 amide bonds. The highest BCUT2D eigenvalue weighted by atomic mass is 16.7. The normalized spacial score (nSPS) is 16.8. The predicted octanol–water partition coefficient (Wildman–Crippen LogP) is 1.78. The molecule has 1 aromatic heterocycles. The number of fused-ring (bicyclic) bond motifs is 1. The molecule has 136 valence electrons. The lowest BCUT2D eigenvalue weighted by molar-refractivity contribution is 0.0626. The van der Waals surface area contributed by atoms with E-state index in [1.165, 1.54) is 5.56 Å². The molecule has 0 aliphatic carbocycles. The molecule has 2 aliphatic heterocycles. The Morgan fingerprint density at radius 3 is 2.65 bits per heavy atom. The summed E-state index contributed by atoms with van der Waals surface area (Å²) in [6.07, 6.45) is 1.64. The Balaban J connectivity index is 1.36. The van der Waals surface area contributed by atoms with Gasteiger partial charge in [0.15, 0.2) is 11.5 Å². The summed E-state index contributed by atoms with van der Waals surface area (Å²) in [5, 5.41) is 0. The third kappa shape index (κ3) is 3.35. The van der Waals surface area contributed by atoms with Crippen LogP contribution >= 0.6 is 0 Å². The van der Waals surface area contributed by atoms with Gasteiger partial charge in [0.1, 0.15) is 5.82 Å². The Hall–Kier alpha value is -2.67. The van der Waals surface area contributed by atoms with Crippen LogP contribution < -0.4 is 9.47 Å². The van der Waals surface area contributed by atoms with Crippen LogP contribution in [-0.4, -0.2) is 58.6 Å². The van der Waals surface area contributed by atoms with Crippen molar-refractivity contribution in [3.05, 3.63) is 47.0 Å². The number of nitrogens with zero attached hydrogens (tertiary/aromatic N) is 4. The summed E-state index contributed by atoms with van der Waals surface area (Å²) in [6.45, 7) is 7.91. The van der Waals surface area contributed by atoms with E-state index in [1.54, 1.807) is 6.20 Å². The van der Waals surface area contributed by atoms with Gasteiger partial charge in [-0.1, -0.05) is 6.07 Å². The predicted molar refractivity (Wildman–Crippen MR) is 95.3 cm³/mol. The number of ether oxygens (including phenoxy) is 2. The average Bonchev–Trinajstić information content (AvgIpc) is 3.10. The van der Waals surface area contributed by atoms with E-state index in [9.17, 15) is 4.79 Å². The first-order valence-corrected chi connectivity index (χ1v) is 8.80. The van der Waals surface area contributed by atoms with Crippen LogP contribution in [0, 0.1) is 13.8 Å². The van der Waals surface area contributed by atoms with Gasteiger partial charge in [-0.05, 0) is 31.5 Å². The van der Waals surface area contributed by atoms with Crippen LogP contribution in [0.3, 0.4) is 0 Å². The van der Waals surface area contributed by atoms with Gasteiger partial charge in [0, 0.05) is 38.9 Å². The van der Waals surface area contributed by atoms with Crippen LogP contribution in [0.4, 0.5) is 0 Å². The minimum Gasteiger partial charge on any atom is -0.454 e. The first kappa shape index (κ1) is 16.8. The van der Waals surface area contributed by atoms with Gasteiger partial charge in [-0.2, -0.15) is 0 Å². The number of benzene rings is 1. The number of hydrogen-bond acceptors (Lipinski definition) is 6. The fourth-order valence-corrected chi connectivity index (χ4v) is 3.37. The molecule has 0 radical (unpaired) electrons. The summed E-state index contributed by atoms with van der Waals surface area (Å²) >= 11 is 0. The number of piperazine rings is 1. The van der Waals surface area contributed by atoms with E-state index in [-0.39, 0.29) is 5.91 Å². The highest BCUT2D eigenvalue weighted by molar-refractivity contribution is 5.95. The van der Waals surface area contributed by atoms with Gasteiger partial charge >= 0.3 is 0 Å². The fourth-order valence-electron chi connectivity index (χ4n) is 3.37. The number of aromatic nitrogens is 2. The zero-order chi connectivity index (χ0) is 18.1. The van der Waals surface area contributed by atoms with E-state index in [2.05, 4.69) is 20.9 Å². The summed E-state index contributed by atoms with van der Waals surface area (Å²) in [5.41, 5.74) is 2.53. The monoisotopic (exact) mass is 354 g/mol. The van der Waals surface area contributed by atoms with Gasteiger partial charge < -0.3 is 14.4 Å². The van der Waals surface area contributed by atoms with Crippen molar-refractivity contribution >= 4 is 5.91 Å². The minimum absolute atomic E-state index is 0.0187. The third-order valence-electron chi connectivity index (χ3n) is 4.83. The molecular formula is C19H22N4O3. The van der Waals surface area contributed by atoms with Crippen molar-refractivity contribution in [3.8, 4) is 11.5 Å². The van der Waals surface area contributed by atoms with Crippen LogP contribution in [0.15, 0.2) is 24.4 Å². The van der Waals surface area contributed by atoms with E-state index in [1.807, 2.05) is 30.9 Å². The fraction of sp³-hybridized carbons (Fsp3) is 0.421. The second kappa shape index (κ2) is 6.92. The molecule has 7 nitrogen and oxygen atoms in total. The summed E-state index contributed by atoms with van der Waals surface area (Å²) in [5.74, 6) is 2.32. The first-order chi connectivity index (χ1) is 12.6. The standard InChI is InChI=1S/C19H22N4O3/c1-13-16(10-20-14(2)21-13)19(24)23-7-5-22(6-8-23)11-15-3-4-17-18(9-15)26-12-25-17/h3-4,9-10H,5-8,11-12H2,1-2H3. The van der Waals surface area contributed by atoms with Gasteiger partial charge in [-0.15, -0.1) is 0 Å². The molecule has 0 saturated carbocycles. The van der Waals surface area contributed by atoms with Gasteiger partial charge in [0.05, 0.1) is 11.3 Å². The van der Waals surface area contributed by atoms with Gasteiger partial charge in [0.25, 0.3) is 5.91 Å². The number of aryl methyl sites for hydroxylation is 2. The number of carbonyl (C=O) groups is 1. The number of carbonyl (C=O) groups excluding carboxylic acids is 1. The second-order valence-electron chi connectivity index (χ2n) is 6.67. The van der Waals surface area contributed by atoms with Crippen LogP contribution in [-0.2, 0) is 6.54 Å². The SMILES string of the molecule is Cc1ncc(C(=O)N2CCN(Cc3ccc4c(c3)OCO4)CC2)c(C)n1. The molecule has 0 spiro atoms. The zero-order valence-corrected chi connectivity index (χ0v) is 15.1. The molecule has 0 N–H and O–H groups in total. The molecular weight excluding hydrogens is 332 g/mol. The Kier molecular flexibility index (Phi) is 4.46. The second-order valence-corrected chi connectivity index (χ2v) is 6.67. The largest absolute Gasteiger partial charge is 0.454 e. The van der Waals surface area contributed by atoms with E-state index in [4.69, 9.17) is 9.47 Å². The van der Waals surface area contributed by atoms with Crippen LogP contribution in [0.1, 0.15) is 27.4 Å². The van der Waals surface area contributed by atoms with Crippen molar-refractivity contribution in [2.75, 3.05) is 33.0 Å². The molecule has 2 aromatic rings. The molecule has 1 aromatic carbocycles. The highest BCUT2D eigenvalue weighted by Crippen LogP contribution is 2.32. The van der Waals surface area contributed by atoms with Crippen molar-refractivity contribution in [3.63, 3.8) is 0 Å². The third-order valence-corrected chi connectivity index (χ3v) is 4.83. The maximum atomic E-state index is 12.7. The Morgan fingerprint density at radius 2 is 1.88 bits per heavy atom. The summed E-state index contributed by atoms with van der Waals surface area (Å²) < 4.78 is 10.8. The van der Waals surface area contributed by atoms with Crippen LogP contribution in [0.2, 0.25) is 0 Å². The van der Waals surface area contributed by atoms with Crippen LogP contribution in [0.5, 0.6) is 11.5 Å². The van der Waals surface area contributed by atoms with Crippen molar-refractivity contribution in [1.29, 1.82) is 0 Å². The van der Waals surface area contributed by atoms with E-state index in [0.29, 0.717) is 31.3 Å². The molecule has 1 fully saturated rings. The summed E-state index contributed by atoms with van der Waals surface area (Å²) in [7, 11) is 0. The molecule has 2 aliphatic rings. The molecule has 26 heavy (non-hydrogen) atoms. The number of rotatable bonds is 3. The lowest BCUT2D eigenvalue weighted by Crippen LogP contribution is -2.48. The van der Waals surface area contributed by atoms with E-state index >= 15 is 0 Å². The first-order valence-electron chi connectivity index (χ1n) is 8.80. The van der Waals surface area contributed by atoms with Gasteiger partial charge in [-0.3, -0.25) is 9.69 Å². The summed E-state index contributed by atoms with van der Waals surface area (Å²) in [4.78, 5) is 25.4. The molecule has 4 rings (SSSR count). The number of hydrogen-bond donors (Lipinski definition) is 0. The van der Waals surface area contributed by atoms with E-state index < -0.39 is 0 Å². The zero-order valence-electron chi connectivity index (χ0n) is 15.1. The van der Waals surface area contributed by atoms with Crippen molar-refractivity contribution < 1.29 is 14.3 Å². The Bertz CT molecular complexity index is 832. The molecule has 3 heterocycles. The quantitative estimate of drug-likeness (QED) is 0.837. The molecule has 0 unspecified atom stereocenters. The molecule has 0 atom stereocenters. The Labute approximate surface area is 152 Å². The minimum atomic E-state index is 0.0187.